The van der Waals surface area contributed by atoms with Crippen LogP contribution in [0.1, 0.15) is 24.1 Å². The lowest BCUT2D eigenvalue weighted by Crippen LogP contribution is -2.40. The van der Waals surface area contributed by atoms with Gasteiger partial charge in [0, 0.05) is 17.3 Å². The molecule has 24 heavy (non-hydrogen) atoms. The molecule has 0 saturated heterocycles. The van der Waals surface area contributed by atoms with Crippen LogP contribution in [0.4, 0.5) is 5.69 Å². The van der Waals surface area contributed by atoms with Crippen LogP contribution < -0.4 is 9.64 Å². The van der Waals surface area contributed by atoms with Crippen molar-refractivity contribution < 1.29 is 14.3 Å². The molecule has 0 aromatic heterocycles. The van der Waals surface area contributed by atoms with Crippen molar-refractivity contribution in [2.45, 2.75) is 19.4 Å². The Hall–Kier alpha value is -2.20. The van der Waals surface area contributed by atoms with Crippen LogP contribution in [0, 0.1) is 0 Å². The van der Waals surface area contributed by atoms with E-state index in [1.54, 1.807) is 7.11 Å². The third kappa shape index (κ3) is 3.20. The highest BCUT2D eigenvalue weighted by atomic mass is 35.5. The highest BCUT2D eigenvalue weighted by Gasteiger charge is 2.34. The van der Waals surface area contributed by atoms with Crippen LogP contribution in [-0.2, 0) is 16.0 Å². The summed E-state index contributed by atoms with van der Waals surface area (Å²) in [6, 6.07) is 12.9. The Balaban J connectivity index is 2.03. The van der Waals surface area contributed by atoms with E-state index >= 15 is 0 Å². The number of anilines is 1. The molecule has 1 unspecified atom stereocenters. The van der Waals surface area contributed by atoms with Crippen molar-refractivity contribution in [2.75, 3.05) is 25.2 Å². The van der Waals surface area contributed by atoms with Gasteiger partial charge < -0.3 is 14.4 Å². The molecule has 0 N–H and O–H groups in total. The SMILES string of the molecule is CCOC(=O)C1c2ccc(OC)cc2CCN1c1ccc(Cl)cc1. The third-order valence-corrected chi connectivity index (χ3v) is 4.50. The van der Waals surface area contributed by atoms with Crippen LogP contribution in [0.5, 0.6) is 5.75 Å². The molecule has 0 aliphatic carbocycles. The van der Waals surface area contributed by atoms with Crippen LogP contribution >= 0.6 is 11.6 Å². The van der Waals surface area contributed by atoms with Crippen molar-refractivity contribution in [1.82, 2.24) is 0 Å². The average molecular weight is 346 g/mol. The first kappa shape index (κ1) is 16.7. The maximum Gasteiger partial charge on any atom is 0.333 e. The summed E-state index contributed by atoms with van der Waals surface area (Å²) >= 11 is 5.99. The Morgan fingerprint density at radius 3 is 2.67 bits per heavy atom. The number of nitrogens with zero attached hydrogens (tertiary/aromatic N) is 1. The maximum absolute atomic E-state index is 12.6. The molecule has 0 saturated carbocycles. The lowest BCUT2D eigenvalue weighted by molar-refractivity contribution is -0.145. The molecule has 0 fully saturated rings. The minimum absolute atomic E-state index is 0.237. The van der Waals surface area contributed by atoms with Crippen LogP contribution in [0.2, 0.25) is 5.02 Å². The van der Waals surface area contributed by atoms with Gasteiger partial charge in [-0.05, 0) is 60.9 Å². The number of hydrogen-bond donors (Lipinski definition) is 0. The maximum atomic E-state index is 12.6. The van der Waals surface area contributed by atoms with Crippen molar-refractivity contribution in [3.63, 3.8) is 0 Å². The number of hydrogen-bond acceptors (Lipinski definition) is 4. The van der Waals surface area contributed by atoms with E-state index in [9.17, 15) is 4.79 Å². The van der Waals surface area contributed by atoms with E-state index in [1.165, 1.54) is 0 Å². The summed E-state index contributed by atoms with van der Waals surface area (Å²) in [5.41, 5.74) is 3.05. The fourth-order valence-electron chi connectivity index (χ4n) is 3.12. The second kappa shape index (κ2) is 7.14. The molecule has 4 nitrogen and oxygen atoms in total. The van der Waals surface area contributed by atoms with Crippen LogP contribution in [0.3, 0.4) is 0 Å². The Morgan fingerprint density at radius 2 is 2.00 bits per heavy atom. The summed E-state index contributed by atoms with van der Waals surface area (Å²) in [6.07, 6.45) is 0.838. The Labute approximate surface area is 146 Å². The van der Waals surface area contributed by atoms with Gasteiger partial charge in [-0.3, -0.25) is 0 Å². The number of methoxy groups -OCH3 is 1. The molecule has 2 aromatic carbocycles. The second-order valence-electron chi connectivity index (χ2n) is 5.64. The molecule has 2 aromatic rings. The van der Waals surface area contributed by atoms with Crippen molar-refractivity contribution >= 4 is 23.3 Å². The lowest BCUT2D eigenvalue weighted by atomic mass is 9.91. The summed E-state index contributed by atoms with van der Waals surface area (Å²) in [4.78, 5) is 14.7. The minimum atomic E-state index is -0.458. The molecule has 0 spiro atoms. The number of benzene rings is 2. The zero-order valence-electron chi connectivity index (χ0n) is 13.8. The topological polar surface area (TPSA) is 38.8 Å². The van der Waals surface area contributed by atoms with E-state index in [0.717, 1.165) is 35.5 Å². The van der Waals surface area contributed by atoms with E-state index in [2.05, 4.69) is 4.90 Å². The molecule has 1 aliphatic heterocycles. The van der Waals surface area contributed by atoms with E-state index in [1.807, 2.05) is 49.4 Å². The quantitative estimate of drug-likeness (QED) is 0.785. The molecule has 0 bridgehead atoms. The van der Waals surface area contributed by atoms with Gasteiger partial charge in [-0.2, -0.15) is 0 Å². The van der Waals surface area contributed by atoms with Crippen molar-refractivity contribution in [3.8, 4) is 5.75 Å². The average Bonchev–Trinajstić information content (AvgIpc) is 2.61. The number of halogens is 1. The number of fused-ring (bicyclic) bond motifs is 1. The Morgan fingerprint density at radius 1 is 1.25 bits per heavy atom. The molecule has 3 rings (SSSR count). The summed E-state index contributed by atoms with van der Waals surface area (Å²) in [5.74, 6) is 0.565. The molecule has 1 atom stereocenters. The predicted octanol–water partition coefficient (Wildman–Crippen LogP) is 4.02. The van der Waals surface area contributed by atoms with E-state index in [0.29, 0.717) is 11.6 Å². The van der Waals surface area contributed by atoms with Gasteiger partial charge in [0.15, 0.2) is 6.04 Å². The molecule has 1 heterocycles. The fraction of sp³-hybridized carbons (Fsp3) is 0.316. The van der Waals surface area contributed by atoms with Gasteiger partial charge >= 0.3 is 5.97 Å². The van der Waals surface area contributed by atoms with Gasteiger partial charge in [0.1, 0.15) is 5.75 Å². The molecule has 0 amide bonds. The van der Waals surface area contributed by atoms with Gasteiger partial charge in [-0.25, -0.2) is 4.79 Å². The molecule has 5 heteroatoms. The fourth-order valence-corrected chi connectivity index (χ4v) is 3.24. The normalized spacial score (nSPS) is 16.5. The molecule has 0 radical (unpaired) electrons. The van der Waals surface area contributed by atoms with Gasteiger partial charge in [-0.15, -0.1) is 0 Å². The summed E-state index contributed by atoms with van der Waals surface area (Å²) in [7, 11) is 1.65. The predicted molar refractivity (Wildman–Crippen MR) is 94.9 cm³/mol. The zero-order valence-corrected chi connectivity index (χ0v) is 14.5. The smallest absolute Gasteiger partial charge is 0.333 e. The van der Waals surface area contributed by atoms with Crippen LogP contribution in [0.25, 0.3) is 0 Å². The highest BCUT2D eigenvalue weighted by molar-refractivity contribution is 6.30. The monoisotopic (exact) mass is 345 g/mol. The molecule has 1 aliphatic rings. The minimum Gasteiger partial charge on any atom is -0.497 e. The Kier molecular flexibility index (Phi) is 4.95. The van der Waals surface area contributed by atoms with Gasteiger partial charge in [0.25, 0.3) is 0 Å². The van der Waals surface area contributed by atoms with Crippen molar-refractivity contribution in [1.29, 1.82) is 0 Å². The zero-order chi connectivity index (χ0) is 17.1. The number of ether oxygens (including phenoxy) is 2. The first-order valence-corrected chi connectivity index (χ1v) is 8.37. The van der Waals surface area contributed by atoms with E-state index < -0.39 is 6.04 Å². The first-order valence-electron chi connectivity index (χ1n) is 7.99. The number of esters is 1. The summed E-state index contributed by atoms with van der Waals surface area (Å²) in [5, 5.41) is 0.675. The van der Waals surface area contributed by atoms with E-state index in [4.69, 9.17) is 21.1 Å². The lowest BCUT2D eigenvalue weighted by Gasteiger charge is -2.37. The largest absolute Gasteiger partial charge is 0.497 e. The molecular weight excluding hydrogens is 326 g/mol. The number of rotatable bonds is 4. The standard InChI is InChI=1S/C19H20ClNO3/c1-3-24-19(22)18-17-9-8-16(23-2)12-13(17)10-11-21(18)15-6-4-14(20)5-7-15/h4-9,12,18H,3,10-11H2,1-2H3. The first-order chi connectivity index (χ1) is 11.6. The van der Waals surface area contributed by atoms with Crippen molar-refractivity contribution in [2.24, 2.45) is 0 Å². The Bertz CT molecular complexity index is 730. The van der Waals surface area contributed by atoms with Crippen molar-refractivity contribution in [3.05, 3.63) is 58.6 Å². The number of carbonyl (C=O) groups is 1. The summed E-state index contributed by atoms with van der Waals surface area (Å²) in [6.45, 7) is 2.91. The van der Waals surface area contributed by atoms with Gasteiger partial charge in [0.05, 0.1) is 13.7 Å². The molecular formula is C19H20ClNO3. The van der Waals surface area contributed by atoms with Crippen LogP contribution in [-0.4, -0.2) is 26.2 Å². The third-order valence-electron chi connectivity index (χ3n) is 4.25. The van der Waals surface area contributed by atoms with Gasteiger partial charge in [-0.1, -0.05) is 17.7 Å². The van der Waals surface area contributed by atoms with Crippen LogP contribution in [0.15, 0.2) is 42.5 Å². The second-order valence-corrected chi connectivity index (χ2v) is 6.08. The molecule has 126 valence electrons. The van der Waals surface area contributed by atoms with E-state index in [-0.39, 0.29) is 5.97 Å². The summed E-state index contributed by atoms with van der Waals surface area (Å²) < 4.78 is 10.6. The number of carbonyl (C=O) groups excluding carboxylic acids is 1. The highest BCUT2D eigenvalue weighted by Crippen LogP contribution is 2.36. The van der Waals surface area contributed by atoms with Gasteiger partial charge in [0.2, 0.25) is 0 Å².